The first-order valence-electron chi connectivity index (χ1n) is 5.96. The summed E-state index contributed by atoms with van der Waals surface area (Å²) in [5.74, 6) is 5.95. The fourth-order valence-corrected chi connectivity index (χ4v) is 2.15. The Balaban J connectivity index is 2.09. The van der Waals surface area contributed by atoms with Crippen molar-refractivity contribution in [3.05, 3.63) is 24.0 Å². The molecule has 1 unspecified atom stereocenters. The average Bonchev–Trinajstić information content (AvgIpc) is 2.86. The lowest BCUT2D eigenvalue weighted by Gasteiger charge is -2.16. The van der Waals surface area contributed by atoms with E-state index in [0.29, 0.717) is 17.3 Å². The van der Waals surface area contributed by atoms with Crippen molar-refractivity contribution in [3.8, 4) is 0 Å². The lowest BCUT2D eigenvalue weighted by atomic mass is 10.1. The Bertz CT molecular complexity index is 407. The largest absolute Gasteiger partial charge is 0.337 e. The van der Waals surface area contributed by atoms with Gasteiger partial charge in [-0.3, -0.25) is 15.6 Å². The van der Waals surface area contributed by atoms with Crippen LogP contribution in [0, 0.1) is 5.92 Å². The molecule has 1 aliphatic rings. The number of nitrogen functional groups attached to an aromatic ring is 1. The molecule has 5 nitrogen and oxygen atoms in total. The summed E-state index contributed by atoms with van der Waals surface area (Å²) in [6, 6.07) is 3.41. The van der Waals surface area contributed by atoms with Crippen LogP contribution in [0.2, 0.25) is 0 Å². The summed E-state index contributed by atoms with van der Waals surface area (Å²) in [5, 5.41) is 0. The molecule has 2 rings (SSSR count). The molecule has 0 spiro atoms. The fraction of sp³-hybridized carbons (Fsp3) is 0.500. The highest BCUT2D eigenvalue weighted by Crippen LogP contribution is 2.21. The van der Waals surface area contributed by atoms with Gasteiger partial charge in [0.25, 0.3) is 5.91 Å². The van der Waals surface area contributed by atoms with E-state index in [1.807, 2.05) is 4.90 Å². The van der Waals surface area contributed by atoms with E-state index in [4.69, 9.17) is 5.84 Å². The Kier molecular flexibility index (Phi) is 3.58. The molecular weight excluding hydrogens is 216 g/mol. The van der Waals surface area contributed by atoms with Gasteiger partial charge in [0.1, 0.15) is 5.69 Å². The van der Waals surface area contributed by atoms with Gasteiger partial charge in [-0.25, -0.2) is 0 Å². The van der Waals surface area contributed by atoms with Gasteiger partial charge in [0.05, 0.1) is 5.69 Å². The second kappa shape index (κ2) is 5.14. The van der Waals surface area contributed by atoms with Crippen LogP contribution in [0.25, 0.3) is 0 Å². The number of nitrogens with one attached hydrogen (secondary N) is 1. The maximum absolute atomic E-state index is 12.2. The number of anilines is 1. The molecule has 1 aromatic rings. The van der Waals surface area contributed by atoms with E-state index in [1.165, 1.54) is 0 Å². The van der Waals surface area contributed by atoms with Gasteiger partial charge >= 0.3 is 0 Å². The molecule has 0 aliphatic carbocycles. The molecule has 3 N–H and O–H groups in total. The summed E-state index contributed by atoms with van der Waals surface area (Å²) in [6.07, 6.45) is 3.81. The van der Waals surface area contributed by atoms with Crippen molar-refractivity contribution in [1.82, 2.24) is 9.88 Å². The topological polar surface area (TPSA) is 71.2 Å². The zero-order chi connectivity index (χ0) is 12.3. The summed E-state index contributed by atoms with van der Waals surface area (Å²) in [6.45, 7) is 3.84. The minimum absolute atomic E-state index is 0.00181. The van der Waals surface area contributed by atoms with Crippen LogP contribution in [0.5, 0.6) is 0 Å². The van der Waals surface area contributed by atoms with Crippen LogP contribution in [0.3, 0.4) is 0 Å². The third-order valence-corrected chi connectivity index (χ3v) is 3.30. The smallest absolute Gasteiger partial charge is 0.272 e. The van der Waals surface area contributed by atoms with Gasteiger partial charge in [-0.05, 0) is 24.5 Å². The van der Waals surface area contributed by atoms with E-state index in [-0.39, 0.29) is 5.91 Å². The number of rotatable bonds is 3. The first-order chi connectivity index (χ1) is 8.24. The fourth-order valence-electron chi connectivity index (χ4n) is 2.15. The van der Waals surface area contributed by atoms with Crippen molar-refractivity contribution in [1.29, 1.82) is 0 Å². The molecule has 2 heterocycles. The zero-order valence-electron chi connectivity index (χ0n) is 10.0. The molecule has 17 heavy (non-hydrogen) atoms. The third-order valence-electron chi connectivity index (χ3n) is 3.30. The number of amides is 1. The van der Waals surface area contributed by atoms with E-state index < -0.39 is 0 Å². The minimum Gasteiger partial charge on any atom is -0.337 e. The maximum atomic E-state index is 12.2. The lowest BCUT2D eigenvalue weighted by molar-refractivity contribution is 0.0781. The molecule has 1 atom stereocenters. The number of likely N-dealkylation sites (tertiary alicyclic amines) is 1. The molecule has 0 radical (unpaired) electrons. The van der Waals surface area contributed by atoms with Crippen LogP contribution in [0.15, 0.2) is 18.3 Å². The molecule has 92 valence electrons. The van der Waals surface area contributed by atoms with E-state index in [1.54, 1.807) is 18.3 Å². The number of carbonyl (C=O) groups is 1. The first kappa shape index (κ1) is 11.9. The number of hydrogen-bond acceptors (Lipinski definition) is 4. The van der Waals surface area contributed by atoms with Gasteiger partial charge in [0.15, 0.2) is 0 Å². The van der Waals surface area contributed by atoms with Crippen LogP contribution in [-0.2, 0) is 0 Å². The van der Waals surface area contributed by atoms with Crippen LogP contribution >= 0.6 is 0 Å². The van der Waals surface area contributed by atoms with E-state index >= 15 is 0 Å². The number of hydrogen-bond donors (Lipinski definition) is 2. The molecule has 1 aromatic heterocycles. The lowest BCUT2D eigenvalue weighted by Crippen LogP contribution is -2.29. The number of pyridine rings is 1. The molecule has 1 fully saturated rings. The monoisotopic (exact) mass is 234 g/mol. The zero-order valence-corrected chi connectivity index (χ0v) is 10.0. The average molecular weight is 234 g/mol. The maximum Gasteiger partial charge on any atom is 0.272 e. The highest BCUT2D eigenvalue weighted by molar-refractivity contribution is 5.93. The normalized spacial score (nSPS) is 19.4. The van der Waals surface area contributed by atoms with Crippen molar-refractivity contribution >= 4 is 11.6 Å². The van der Waals surface area contributed by atoms with Crippen molar-refractivity contribution in [2.45, 2.75) is 19.8 Å². The number of nitrogens with two attached hydrogens (primary N) is 1. The number of nitrogens with zero attached hydrogens (tertiary/aromatic N) is 2. The quantitative estimate of drug-likeness (QED) is 0.609. The van der Waals surface area contributed by atoms with E-state index in [9.17, 15) is 4.79 Å². The molecule has 1 aliphatic heterocycles. The molecule has 0 bridgehead atoms. The predicted octanol–water partition coefficient (Wildman–Crippen LogP) is 1.24. The van der Waals surface area contributed by atoms with Gasteiger partial charge in [0, 0.05) is 19.3 Å². The number of carbonyl (C=O) groups excluding carboxylic acids is 1. The van der Waals surface area contributed by atoms with Crippen molar-refractivity contribution in [3.63, 3.8) is 0 Å². The standard InChI is InChI=1S/C12H18N4O/c1-2-9-4-6-16(8-9)12(17)11-7-10(15-13)3-5-14-11/h3,5,7,9H,2,4,6,8,13H2,1H3,(H,14,15). The third kappa shape index (κ3) is 2.55. The Morgan fingerprint density at radius 1 is 1.71 bits per heavy atom. The molecule has 0 aromatic carbocycles. The molecule has 1 amide bonds. The summed E-state index contributed by atoms with van der Waals surface area (Å²) in [4.78, 5) is 18.1. The van der Waals surface area contributed by atoms with Crippen LogP contribution in [-0.4, -0.2) is 28.9 Å². The molecule has 1 saturated heterocycles. The minimum atomic E-state index is -0.00181. The van der Waals surface area contributed by atoms with Crippen molar-refractivity contribution < 1.29 is 4.79 Å². The second-order valence-electron chi connectivity index (χ2n) is 4.39. The van der Waals surface area contributed by atoms with Gasteiger partial charge in [-0.15, -0.1) is 0 Å². The summed E-state index contributed by atoms with van der Waals surface area (Å²) >= 11 is 0. The van der Waals surface area contributed by atoms with Crippen LogP contribution in [0.1, 0.15) is 30.3 Å². The van der Waals surface area contributed by atoms with Crippen molar-refractivity contribution in [2.24, 2.45) is 11.8 Å². The molecule has 0 saturated carbocycles. The predicted molar refractivity (Wildman–Crippen MR) is 66.3 cm³/mol. The van der Waals surface area contributed by atoms with Crippen LogP contribution in [0.4, 0.5) is 5.69 Å². The summed E-state index contributed by atoms with van der Waals surface area (Å²) in [5.41, 5.74) is 3.68. The highest BCUT2D eigenvalue weighted by Gasteiger charge is 2.26. The Hall–Kier alpha value is -1.62. The van der Waals surface area contributed by atoms with Crippen molar-refractivity contribution in [2.75, 3.05) is 18.5 Å². The van der Waals surface area contributed by atoms with Gasteiger partial charge in [0.2, 0.25) is 0 Å². The number of aromatic nitrogens is 1. The van der Waals surface area contributed by atoms with Crippen LogP contribution < -0.4 is 11.3 Å². The summed E-state index contributed by atoms with van der Waals surface area (Å²) < 4.78 is 0. The second-order valence-corrected chi connectivity index (χ2v) is 4.39. The van der Waals surface area contributed by atoms with Gasteiger partial charge < -0.3 is 10.3 Å². The Labute approximate surface area is 101 Å². The number of hydrazine groups is 1. The Morgan fingerprint density at radius 2 is 2.53 bits per heavy atom. The molecular formula is C12H18N4O. The van der Waals surface area contributed by atoms with Gasteiger partial charge in [-0.2, -0.15) is 0 Å². The first-order valence-corrected chi connectivity index (χ1v) is 5.96. The Morgan fingerprint density at radius 3 is 3.18 bits per heavy atom. The SMILES string of the molecule is CCC1CCN(C(=O)c2cc(NN)ccn2)C1. The summed E-state index contributed by atoms with van der Waals surface area (Å²) in [7, 11) is 0. The van der Waals surface area contributed by atoms with E-state index in [0.717, 1.165) is 25.9 Å². The van der Waals surface area contributed by atoms with E-state index in [2.05, 4.69) is 17.3 Å². The van der Waals surface area contributed by atoms with Gasteiger partial charge in [-0.1, -0.05) is 13.3 Å². The highest BCUT2D eigenvalue weighted by atomic mass is 16.2. The molecule has 5 heteroatoms.